The first-order valence-electron chi connectivity index (χ1n) is 7.91. The number of methoxy groups -OCH3 is 1. The standard InChI is InChI=1S/C15H19N5O5S4/c1-20(2)29(23,24)11-6-9(4-5-10(11)25-3)17-13(22)8-27-15-19-18-14(28-15)26-7-12(16)21/h4-6H,7-8H2,1-3H3,(H2,16,21)(H,17,22). The van der Waals surface area contributed by atoms with Crippen LogP contribution in [0.1, 0.15) is 0 Å². The van der Waals surface area contributed by atoms with Gasteiger partial charge in [0.15, 0.2) is 8.68 Å². The maximum absolute atomic E-state index is 12.4. The molecule has 0 bridgehead atoms. The van der Waals surface area contributed by atoms with Crippen molar-refractivity contribution < 1.29 is 22.7 Å². The Labute approximate surface area is 180 Å². The van der Waals surface area contributed by atoms with E-state index in [1.807, 2.05) is 0 Å². The summed E-state index contributed by atoms with van der Waals surface area (Å²) in [5.74, 6) is -0.448. The summed E-state index contributed by atoms with van der Waals surface area (Å²) in [4.78, 5) is 23.0. The second-order valence-corrected chi connectivity index (χ2v) is 11.1. The molecule has 3 N–H and O–H groups in total. The van der Waals surface area contributed by atoms with Crippen LogP contribution in [-0.4, -0.2) is 67.4 Å². The van der Waals surface area contributed by atoms with E-state index in [9.17, 15) is 18.0 Å². The number of benzene rings is 1. The molecular weight excluding hydrogens is 458 g/mol. The summed E-state index contributed by atoms with van der Waals surface area (Å²) in [5.41, 5.74) is 5.41. The first-order chi connectivity index (χ1) is 13.6. The van der Waals surface area contributed by atoms with Gasteiger partial charge in [-0.1, -0.05) is 34.9 Å². The summed E-state index contributed by atoms with van der Waals surface area (Å²) in [6.07, 6.45) is 0. The van der Waals surface area contributed by atoms with Crippen molar-refractivity contribution in [1.82, 2.24) is 14.5 Å². The first-order valence-corrected chi connectivity index (χ1v) is 12.1. The largest absolute Gasteiger partial charge is 0.495 e. The Hall–Kier alpha value is -1.87. The highest BCUT2D eigenvalue weighted by Gasteiger charge is 2.23. The summed E-state index contributed by atoms with van der Waals surface area (Å²) in [6, 6.07) is 4.38. The van der Waals surface area contributed by atoms with E-state index in [1.165, 1.54) is 68.2 Å². The van der Waals surface area contributed by atoms with Gasteiger partial charge in [-0.15, -0.1) is 10.2 Å². The predicted octanol–water partition coefficient (Wildman–Crippen LogP) is 1.11. The number of carbonyl (C=O) groups is 2. The Kier molecular flexibility index (Phi) is 8.27. The number of amides is 2. The molecular formula is C15H19N5O5S4. The molecule has 0 spiro atoms. The van der Waals surface area contributed by atoms with Crippen LogP contribution < -0.4 is 15.8 Å². The molecule has 0 radical (unpaired) electrons. The molecule has 2 amide bonds. The normalized spacial score (nSPS) is 11.4. The third kappa shape index (κ3) is 6.57. The Bertz CT molecular complexity index is 993. The number of thioether (sulfide) groups is 2. The van der Waals surface area contributed by atoms with Gasteiger partial charge in [0, 0.05) is 19.8 Å². The number of rotatable bonds is 10. The summed E-state index contributed by atoms with van der Waals surface area (Å²) in [7, 11) is 0.453. The molecule has 14 heteroatoms. The van der Waals surface area contributed by atoms with Crippen molar-refractivity contribution in [1.29, 1.82) is 0 Å². The van der Waals surface area contributed by atoms with Gasteiger partial charge in [-0.05, 0) is 18.2 Å². The lowest BCUT2D eigenvalue weighted by molar-refractivity contribution is -0.115. The highest BCUT2D eigenvalue weighted by Crippen LogP contribution is 2.30. The second-order valence-electron chi connectivity index (χ2n) is 5.58. The Morgan fingerprint density at radius 3 is 2.38 bits per heavy atom. The van der Waals surface area contributed by atoms with E-state index in [4.69, 9.17) is 10.5 Å². The number of nitrogens with one attached hydrogen (secondary N) is 1. The Morgan fingerprint density at radius 2 is 1.83 bits per heavy atom. The van der Waals surface area contributed by atoms with Crippen LogP contribution in [0, 0.1) is 0 Å². The van der Waals surface area contributed by atoms with Gasteiger partial charge in [0.1, 0.15) is 10.6 Å². The number of carbonyl (C=O) groups excluding carboxylic acids is 2. The van der Waals surface area contributed by atoms with Crippen molar-refractivity contribution in [2.75, 3.05) is 38.0 Å². The lowest BCUT2D eigenvalue weighted by atomic mass is 10.3. The van der Waals surface area contributed by atoms with Gasteiger partial charge in [0.05, 0.1) is 18.6 Å². The minimum atomic E-state index is -3.74. The SMILES string of the molecule is COc1ccc(NC(=O)CSc2nnc(SCC(N)=O)s2)cc1S(=O)(=O)N(C)C. The average Bonchev–Trinajstić information content (AvgIpc) is 3.12. The van der Waals surface area contributed by atoms with Crippen molar-refractivity contribution in [2.24, 2.45) is 5.73 Å². The zero-order valence-electron chi connectivity index (χ0n) is 15.7. The van der Waals surface area contributed by atoms with Crippen LogP contribution in [-0.2, 0) is 19.6 Å². The fourth-order valence-corrected chi connectivity index (χ4v) is 5.56. The predicted molar refractivity (Wildman–Crippen MR) is 113 cm³/mol. The molecule has 0 aliphatic rings. The zero-order valence-corrected chi connectivity index (χ0v) is 19.0. The molecule has 10 nitrogen and oxygen atoms in total. The third-order valence-electron chi connectivity index (χ3n) is 3.26. The molecule has 158 valence electrons. The number of sulfonamides is 1. The smallest absolute Gasteiger partial charge is 0.246 e. The number of ether oxygens (including phenoxy) is 1. The molecule has 0 saturated carbocycles. The van der Waals surface area contributed by atoms with Crippen LogP contribution in [0.5, 0.6) is 5.75 Å². The van der Waals surface area contributed by atoms with Crippen LogP contribution in [0.4, 0.5) is 5.69 Å². The molecule has 2 rings (SSSR count). The van der Waals surface area contributed by atoms with Gasteiger partial charge in [-0.2, -0.15) is 0 Å². The van der Waals surface area contributed by atoms with E-state index in [1.54, 1.807) is 6.07 Å². The number of nitrogens with zero attached hydrogens (tertiary/aromatic N) is 3. The van der Waals surface area contributed by atoms with Crippen LogP contribution in [0.2, 0.25) is 0 Å². The Balaban J connectivity index is 2.01. The molecule has 0 atom stereocenters. The lowest BCUT2D eigenvalue weighted by Crippen LogP contribution is -2.23. The molecule has 2 aromatic rings. The number of aromatic nitrogens is 2. The molecule has 0 aliphatic carbocycles. The van der Waals surface area contributed by atoms with Gasteiger partial charge in [0.25, 0.3) is 0 Å². The molecule has 1 aromatic carbocycles. The van der Waals surface area contributed by atoms with E-state index in [-0.39, 0.29) is 28.1 Å². The second kappa shape index (κ2) is 10.2. The molecule has 0 unspecified atom stereocenters. The van der Waals surface area contributed by atoms with Gasteiger partial charge in [-0.3, -0.25) is 9.59 Å². The summed E-state index contributed by atoms with van der Waals surface area (Å²) in [5, 5.41) is 10.5. The maximum atomic E-state index is 12.4. The van der Waals surface area contributed by atoms with Crippen molar-refractivity contribution in [3.8, 4) is 5.75 Å². The number of anilines is 1. The number of hydrogen-bond donors (Lipinski definition) is 2. The van der Waals surface area contributed by atoms with Crippen molar-refractivity contribution in [3.05, 3.63) is 18.2 Å². The van der Waals surface area contributed by atoms with Crippen LogP contribution in [0.15, 0.2) is 31.8 Å². The van der Waals surface area contributed by atoms with Crippen molar-refractivity contribution in [2.45, 2.75) is 13.6 Å². The lowest BCUT2D eigenvalue weighted by Gasteiger charge is -2.15. The van der Waals surface area contributed by atoms with Crippen molar-refractivity contribution in [3.63, 3.8) is 0 Å². The van der Waals surface area contributed by atoms with Gasteiger partial charge in [-0.25, -0.2) is 12.7 Å². The maximum Gasteiger partial charge on any atom is 0.246 e. The van der Waals surface area contributed by atoms with Crippen LogP contribution in [0.3, 0.4) is 0 Å². The number of primary amides is 1. The molecule has 0 aliphatic heterocycles. The topological polar surface area (TPSA) is 145 Å². The van der Waals surface area contributed by atoms with Crippen LogP contribution in [0.25, 0.3) is 0 Å². The van der Waals surface area contributed by atoms with E-state index in [0.717, 1.165) is 4.31 Å². The highest BCUT2D eigenvalue weighted by molar-refractivity contribution is 8.03. The summed E-state index contributed by atoms with van der Waals surface area (Å²) < 4.78 is 32.2. The minimum absolute atomic E-state index is 0.0457. The Morgan fingerprint density at radius 1 is 1.21 bits per heavy atom. The molecule has 1 heterocycles. The van der Waals surface area contributed by atoms with Gasteiger partial charge < -0.3 is 15.8 Å². The van der Waals surface area contributed by atoms with E-state index >= 15 is 0 Å². The zero-order chi connectivity index (χ0) is 21.6. The van der Waals surface area contributed by atoms with E-state index in [2.05, 4.69) is 15.5 Å². The first kappa shape index (κ1) is 23.4. The van der Waals surface area contributed by atoms with Crippen LogP contribution >= 0.6 is 34.9 Å². The molecule has 0 saturated heterocycles. The number of nitrogens with two attached hydrogens (primary N) is 1. The third-order valence-corrected chi connectivity index (χ3v) is 8.31. The van der Waals surface area contributed by atoms with E-state index < -0.39 is 15.9 Å². The fraction of sp³-hybridized carbons (Fsp3) is 0.333. The van der Waals surface area contributed by atoms with Gasteiger partial charge in [0.2, 0.25) is 21.8 Å². The minimum Gasteiger partial charge on any atom is -0.495 e. The monoisotopic (exact) mass is 477 g/mol. The molecule has 29 heavy (non-hydrogen) atoms. The summed E-state index contributed by atoms with van der Waals surface area (Å²) >= 11 is 3.61. The van der Waals surface area contributed by atoms with Crippen molar-refractivity contribution >= 4 is 62.4 Å². The average molecular weight is 478 g/mol. The van der Waals surface area contributed by atoms with Gasteiger partial charge >= 0.3 is 0 Å². The summed E-state index contributed by atoms with van der Waals surface area (Å²) in [6.45, 7) is 0. The molecule has 0 fully saturated rings. The molecule has 1 aromatic heterocycles. The van der Waals surface area contributed by atoms with E-state index in [0.29, 0.717) is 14.4 Å². The fourth-order valence-electron chi connectivity index (χ4n) is 1.92. The highest BCUT2D eigenvalue weighted by atomic mass is 32.2. The number of hydrogen-bond acceptors (Lipinski definition) is 10. The quantitative estimate of drug-likeness (QED) is 0.481.